The van der Waals surface area contributed by atoms with Gasteiger partial charge in [0.25, 0.3) is 0 Å². The summed E-state index contributed by atoms with van der Waals surface area (Å²) in [6.45, 7) is 2.48. The molecule has 1 aliphatic carbocycles. The molecule has 0 amide bonds. The fourth-order valence-corrected chi connectivity index (χ4v) is 2.91. The Morgan fingerprint density at radius 3 is 2.60 bits per heavy atom. The lowest BCUT2D eigenvalue weighted by molar-refractivity contribution is -0.702. The monoisotopic (exact) mass is 206 g/mol. The van der Waals surface area contributed by atoms with Crippen molar-refractivity contribution in [3.05, 3.63) is 18.7 Å². The standard InChI is InChI=1S/C12H19N3/c1-3-11(12-7-14-12)4-2-10(1)8-15-6-5-13-9-15/h5-6,9-12,14H,1-4,7-8H2/p+1. The highest BCUT2D eigenvalue weighted by Crippen LogP contribution is 2.33. The Morgan fingerprint density at radius 2 is 2.00 bits per heavy atom. The molecule has 1 aromatic rings. The Morgan fingerprint density at radius 1 is 1.20 bits per heavy atom. The predicted octanol–water partition coefficient (Wildman–Crippen LogP) is 1.08. The highest BCUT2D eigenvalue weighted by molar-refractivity contribution is 4.91. The van der Waals surface area contributed by atoms with Gasteiger partial charge in [-0.25, -0.2) is 4.57 Å². The van der Waals surface area contributed by atoms with E-state index in [1.165, 1.54) is 38.8 Å². The predicted molar refractivity (Wildman–Crippen MR) is 58.2 cm³/mol. The summed E-state index contributed by atoms with van der Waals surface area (Å²) in [6, 6.07) is 0.880. The fourth-order valence-electron chi connectivity index (χ4n) is 2.91. The lowest BCUT2D eigenvalue weighted by Gasteiger charge is -2.26. The van der Waals surface area contributed by atoms with Crippen LogP contribution < -0.4 is 9.88 Å². The van der Waals surface area contributed by atoms with Gasteiger partial charge in [0.1, 0.15) is 12.4 Å². The van der Waals surface area contributed by atoms with Gasteiger partial charge in [0, 0.05) is 12.6 Å². The Bertz CT molecular complexity index is 295. The molecule has 1 atom stereocenters. The average Bonchev–Trinajstić information content (AvgIpc) is 2.99. The number of nitrogens with one attached hydrogen (secondary N) is 2. The molecule has 1 aliphatic heterocycles. The van der Waals surface area contributed by atoms with Gasteiger partial charge in [-0.05, 0) is 37.5 Å². The number of H-pyrrole nitrogens is 1. The summed E-state index contributed by atoms with van der Waals surface area (Å²) in [5.41, 5.74) is 0. The number of hydrogen-bond donors (Lipinski definition) is 2. The van der Waals surface area contributed by atoms with Crippen LogP contribution in [-0.2, 0) is 6.54 Å². The molecule has 0 bridgehead atoms. The number of nitrogens with zero attached hydrogens (tertiary/aromatic N) is 1. The van der Waals surface area contributed by atoms with E-state index >= 15 is 0 Å². The van der Waals surface area contributed by atoms with Crippen molar-refractivity contribution in [2.45, 2.75) is 38.3 Å². The summed E-state index contributed by atoms with van der Waals surface area (Å²) in [4.78, 5) is 3.11. The van der Waals surface area contributed by atoms with Gasteiger partial charge in [-0.1, -0.05) is 0 Å². The van der Waals surface area contributed by atoms with E-state index < -0.39 is 0 Å². The van der Waals surface area contributed by atoms with Crippen LogP contribution in [0.15, 0.2) is 18.7 Å². The third-order valence-corrected chi connectivity index (χ3v) is 3.97. The molecule has 1 saturated heterocycles. The first-order chi connectivity index (χ1) is 7.42. The Kier molecular flexibility index (Phi) is 2.49. The number of aromatic nitrogens is 2. The van der Waals surface area contributed by atoms with Gasteiger partial charge in [-0.3, -0.25) is 4.98 Å². The number of hydrogen-bond acceptors (Lipinski definition) is 1. The Labute approximate surface area is 90.9 Å². The van der Waals surface area contributed by atoms with Crippen molar-refractivity contribution in [2.75, 3.05) is 6.54 Å². The lowest BCUT2D eigenvalue weighted by Crippen LogP contribution is -2.36. The summed E-state index contributed by atoms with van der Waals surface area (Å²) in [5, 5.41) is 3.45. The first-order valence-electron chi connectivity index (χ1n) is 6.17. The van der Waals surface area contributed by atoms with E-state index in [1.807, 2.05) is 6.20 Å². The molecule has 82 valence electrons. The maximum Gasteiger partial charge on any atom is 0.241 e. The minimum absolute atomic E-state index is 0.880. The largest absolute Gasteiger partial charge is 0.311 e. The van der Waals surface area contributed by atoms with E-state index in [1.54, 1.807) is 0 Å². The van der Waals surface area contributed by atoms with Crippen LogP contribution in [0.5, 0.6) is 0 Å². The smallest absolute Gasteiger partial charge is 0.241 e. The van der Waals surface area contributed by atoms with Crippen LogP contribution in [0.25, 0.3) is 0 Å². The molecule has 2 N–H and O–H groups in total. The summed E-state index contributed by atoms with van der Waals surface area (Å²) in [5.74, 6) is 1.89. The van der Waals surface area contributed by atoms with Gasteiger partial charge in [-0.2, -0.15) is 0 Å². The molecular formula is C12H20N3+. The van der Waals surface area contributed by atoms with Crippen molar-refractivity contribution < 1.29 is 4.57 Å². The van der Waals surface area contributed by atoms with Crippen LogP contribution >= 0.6 is 0 Å². The van der Waals surface area contributed by atoms with Crippen LogP contribution in [0.4, 0.5) is 0 Å². The molecule has 2 heterocycles. The van der Waals surface area contributed by atoms with Crippen molar-refractivity contribution in [2.24, 2.45) is 11.8 Å². The Balaban J connectivity index is 1.49. The van der Waals surface area contributed by atoms with Crippen molar-refractivity contribution in [3.8, 4) is 0 Å². The van der Waals surface area contributed by atoms with Crippen LogP contribution in [-0.4, -0.2) is 17.6 Å². The van der Waals surface area contributed by atoms with Gasteiger partial charge in [-0.15, -0.1) is 0 Å². The minimum Gasteiger partial charge on any atom is -0.311 e. The molecule has 3 heteroatoms. The highest BCUT2D eigenvalue weighted by atomic mass is 15.1. The summed E-state index contributed by atoms with van der Waals surface area (Å²) in [6.07, 6.45) is 11.9. The van der Waals surface area contributed by atoms with E-state index in [0.29, 0.717) is 0 Å². The quantitative estimate of drug-likeness (QED) is 0.564. The summed E-state index contributed by atoms with van der Waals surface area (Å²) >= 11 is 0. The van der Waals surface area contributed by atoms with Crippen LogP contribution in [0.1, 0.15) is 25.7 Å². The molecule has 15 heavy (non-hydrogen) atoms. The number of imidazole rings is 1. The van der Waals surface area contributed by atoms with Gasteiger partial charge < -0.3 is 5.32 Å². The molecule has 2 aliphatic rings. The summed E-state index contributed by atoms with van der Waals surface area (Å²) < 4.78 is 2.28. The topological polar surface area (TPSA) is 41.6 Å². The zero-order chi connectivity index (χ0) is 10.1. The number of rotatable bonds is 3. The maximum absolute atomic E-state index is 3.45. The fraction of sp³-hybridized carbons (Fsp3) is 0.750. The van der Waals surface area contributed by atoms with E-state index in [-0.39, 0.29) is 0 Å². The third-order valence-electron chi connectivity index (χ3n) is 3.97. The van der Waals surface area contributed by atoms with Crippen LogP contribution in [0.3, 0.4) is 0 Å². The van der Waals surface area contributed by atoms with E-state index in [4.69, 9.17) is 0 Å². The molecule has 1 aromatic heterocycles. The Hall–Kier alpha value is -0.830. The zero-order valence-electron chi connectivity index (χ0n) is 9.15. The van der Waals surface area contributed by atoms with Crippen molar-refractivity contribution in [1.29, 1.82) is 0 Å². The van der Waals surface area contributed by atoms with Crippen LogP contribution in [0.2, 0.25) is 0 Å². The van der Waals surface area contributed by atoms with Gasteiger partial charge in [0.15, 0.2) is 0 Å². The molecule has 0 aromatic carbocycles. The first kappa shape index (κ1) is 9.40. The van der Waals surface area contributed by atoms with E-state index in [0.717, 1.165) is 17.9 Å². The van der Waals surface area contributed by atoms with Crippen LogP contribution in [0, 0.1) is 11.8 Å². The van der Waals surface area contributed by atoms with Crippen molar-refractivity contribution in [3.63, 3.8) is 0 Å². The third kappa shape index (κ3) is 2.23. The average molecular weight is 206 g/mol. The first-order valence-corrected chi connectivity index (χ1v) is 6.17. The highest BCUT2D eigenvalue weighted by Gasteiger charge is 2.33. The molecule has 3 nitrogen and oxygen atoms in total. The number of aromatic amines is 1. The molecule has 1 unspecified atom stereocenters. The summed E-state index contributed by atoms with van der Waals surface area (Å²) in [7, 11) is 0. The maximum atomic E-state index is 3.45. The van der Waals surface area contributed by atoms with Gasteiger partial charge in [0.2, 0.25) is 6.33 Å². The second kappa shape index (κ2) is 3.97. The molecule has 2 fully saturated rings. The second-order valence-corrected chi connectivity index (χ2v) is 5.10. The zero-order valence-corrected chi connectivity index (χ0v) is 9.15. The molecule has 0 spiro atoms. The van der Waals surface area contributed by atoms with Gasteiger partial charge in [0.05, 0.1) is 6.54 Å². The normalized spacial score (nSPS) is 35.3. The SMILES string of the molecule is c1c[n+](CC2CCC(C3CN3)CC2)c[nH]1. The molecular weight excluding hydrogens is 186 g/mol. The minimum atomic E-state index is 0.880. The van der Waals surface area contributed by atoms with E-state index in [2.05, 4.69) is 27.4 Å². The van der Waals surface area contributed by atoms with Crippen molar-refractivity contribution in [1.82, 2.24) is 10.3 Å². The molecule has 0 radical (unpaired) electrons. The van der Waals surface area contributed by atoms with E-state index in [9.17, 15) is 0 Å². The molecule has 1 saturated carbocycles. The second-order valence-electron chi connectivity index (χ2n) is 5.10. The lowest BCUT2D eigenvalue weighted by atomic mass is 9.80. The van der Waals surface area contributed by atoms with Crippen molar-refractivity contribution >= 4 is 0 Å². The van der Waals surface area contributed by atoms with Gasteiger partial charge >= 0.3 is 0 Å². The molecule has 3 rings (SSSR count).